The SMILES string of the molecule is C=CC1C(/C=C\C(C)NC)CCC1C(CC)CCCC. The minimum atomic E-state index is 0.474. The van der Waals surface area contributed by atoms with Crippen LogP contribution in [0.2, 0.25) is 0 Å². The number of hydrogen-bond acceptors (Lipinski definition) is 1. The number of hydrogen-bond donors (Lipinski definition) is 1. The van der Waals surface area contributed by atoms with Crippen molar-refractivity contribution in [2.24, 2.45) is 23.7 Å². The van der Waals surface area contributed by atoms with Gasteiger partial charge in [0.25, 0.3) is 0 Å². The fourth-order valence-corrected chi connectivity index (χ4v) is 3.80. The Morgan fingerprint density at radius 3 is 2.60 bits per heavy atom. The van der Waals surface area contributed by atoms with Crippen LogP contribution in [0, 0.1) is 23.7 Å². The first kappa shape index (κ1) is 17.5. The Balaban J connectivity index is 2.66. The summed E-state index contributed by atoms with van der Waals surface area (Å²) in [6.45, 7) is 11.0. The van der Waals surface area contributed by atoms with Crippen LogP contribution >= 0.6 is 0 Å². The second kappa shape index (κ2) is 9.39. The van der Waals surface area contributed by atoms with Crippen LogP contribution in [0.1, 0.15) is 59.3 Å². The van der Waals surface area contributed by atoms with E-state index < -0.39 is 0 Å². The molecule has 0 aromatic carbocycles. The molecule has 1 saturated carbocycles. The zero-order valence-corrected chi connectivity index (χ0v) is 14.1. The molecule has 0 amide bonds. The van der Waals surface area contributed by atoms with Crippen LogP contribution in [-0.4, -0.2) is 13.1 Å². The molecule has 0 bridgehead atoms. The smallest absolute Gasteiger partial charge is 0.0218 e. The lowest BCUT2D eigenvalue weighted by Gasteiger charge is -2.28. The number of unbranched alkanes of at least 4 members (excludes halogenated alkanes) is 1. The van der Waals surface area contributed by atoms with E-state index in [1.165, 1.54) is 38.5 Å². The lowest BCUT2D eigenvalue weighted by molar-refractivity contribution is 0.254. The van der Waals surface area contributed by atoms with Crippen molar-refractivity contribution < 1.29 is 0 Å². The standard InChI is InChI=1S/C19H35N/c1-6-9-10-16(7-2)19-14-13-17(18(19)8-3)12-11-15(4)20-5/h8,11-12,15-20H,3,6-7,9-10,13-14H2,1-2,4-5H3/b12-11-. The van der Waals surface area contributed by atoms with Crippen molar-refractivity contribution in [3.8, 4) is 0 Å². The van der Waals surface area contributed by atoms with E-state index in [0.29, 0.717) is 17.9 Å². The van der Waals surface area contributed by atoms with Gasteiger partial charge in [-0.1, -0.05) is 57.8 Å². The number of rotatable bonds is 9. The Hall–Kier alpha value is -0.560. The van der Waals surface area contributed by atoms with Crippen molar-refractivity contribution in [2.75, 3.05) is 7.05 Å². The van der Waals surface area contributed by atoms with E-state index in [9.17, 15) is 0 Å². The van der Waals surface area contributed by atoms with Crippen LogP contribution in [0.15, 0.2) is 24.8 Å². The molecule has 5 unspecified atom stereocenters. The van der Waals surface area contributed by atoms with E-state index in [4.69, 9.17) is 0 Å². The van der Waals surface area contributed by atoms with Crippen LogP contribution < -0.4 is 5.32 Å². The highest BCUT2D eigenvalue weighted by atomic mass is 14.8. The summed E-state index contributed by atoms with van der Waals surface area (Å²) in [5.74, 6) is 3.17. The highest BCUT2D eigenvalue weighted by Gasteiger charge is 2.36. The largest absolute Gasteiger partial charge is 0.314 e. The molecule has 1 aliphatic carbocycles. The lowest BCUT2D eigenvalue weighted by Crippen LogP contribution is -2.21. The number of nitrogens with one attached hydrogen (secondary N) is 1. The normalized spacial score (nSPS) is 29.7. The zero-order chi connectivity index (χ0) is 15.0. The average molecular weight is 277 g/mol. The Morgan fingerprint density at radius 1 is 1.30 bits per heavy atom. The molecule has 0 heterocycles. The number of allylic oxidation sites excluding steroid dienone is 2. The zero-order valence-electron chi connectivity index (χ0n) is 14.1. The van der Waals surface area contributed by atoms with Gasteiger partial charge in [0.1, 0.15) is 0 Å². The maximum atomic E-state index is 4.14. The molecular formula is C19H35N. The predicted octanol–water partition coefficient (Wildman–Crippen LogP) is 5.20. The van der Waals surface area contributed by atoms with Gasteiger partial charge in [0.2, 0.25) is 0 Å². The molecule has 0 aliphatic heterocycles. The van der Waals surface area contributed by atoms with Gasteiger partial charge in [0.15, 0.2) is 0 Å². The van der Waals surface area contributed by atoms with Gasteiger partial charge in [-0.3, -0.25) is 0 Å². The highest BCUT2D eigenvalue weighted by Crippen LogP contribution is 2.45. The van der Waals surface area contributed by atoms with Gasteiger partial charge < -0.3 is 5.32 Å². The van der Waals surface area contributed by atoms with Crippen molar-refractivity contribution in [1.29, 1.82) is 0 Å². The highest BCUT2D eigenvalue weighted by molar-refractivity contribution is 5.06. The van der Waals surface area contributed by atoms with E-state index in [1.807, 2.05) is 7.05 Å². The van der Waals surface area contributed by atoms with E-state index in [2.05, 4.69) is 50.9 Å². The van der Waals surface area contributed by atoms with Gasteiger partial charge in [-0.2, -0.15) is 0 Å². The molecule has 1 nitrogen and oxygen atoms in total. The van der Waals surface area contributed by atoms with E-state index >= 15 is 0 Å². The van der Waals surface area contributed by atoms with Gasteiger partial charge in [-0.15, -0.1) is 6.58 Å². The monoisotopic (exact) mass is 277 g/mol. The predicted molar refractivity (Wildman–Crippen MR) is 90.9 cm³/mol. The third-order valence-electron chi connectivity index (χ3n) is 5.25. The van der Waals surface area contributed by atoms with E-state index in [1.54, 1.807) is 0 Å². The third-order valence-corrected chi connectivity index (χ3v) is 5.25. The fourth-order valence-electron chi connectivity index (χ4n) is 3.80. The van der Waals surface area contributed by atoms with Crippen LogP contribution in [0.4, 0.5) is 0 Å². The van der Waals surface area contributed by atoms with Gasteiger partial charge in [-0.25, -0.2) is 0 Å². The summed E-state index contributed by atoms with van der Waals surface area (Å²) in [5.41, 5.74) is 0. The molecule has 1 rings (SSSR count). The summed E-state index contributed by atoms with van der Waals surface area (Å²) in [6, 6.07) is 0.474. The van der Waals surface area contributed by atoms with Crippen molar-refractivity contribution in [2.45, 2.75) is 65.3 Å². The van der Waals surface area contributed by atoms with Gasteiger partial charge in [0.05, 0.1) is 0 Å². The summed E-state index contributed by atoms with van der Waals surface area (Å²) in [6.07, 6.45) is 15.2. The van der Waals surface area contributed by atoms with Gasteiger partial charge in [-0.05, 0) is 50.5 Å². The fraction of sp³-hybridized carbons (Fsp3) is 0.789. The molecule has 0 radical (unpaired) electrons. The molecule has 1 aliphatic rings. The topological polar surface area (TPSA) is 12.0 Å². The molecule has 1 fully saturated rings. The maximum absolute atomic E-state index is 4.14. The first-order chi connectivity index (χ1) is 9.67. The Morgan fingerprint density at radius 2 is 2.05 bits per heavy atom. The van der Waals surface area contributed by atoms with Gasteiger partial charge in [0, 0.05) is 6.04 Å². The summed E-state index contributed by atoms with van der Waals surface area (Å²) < 4.78 is 0. The average Bonchev–Trinajstić information content (AvgIpc) is 2.88. The second-order valence-corrected chi connectivity index (χ2v) is 6.49. The number of likely N-dealkylation sites (N-methyl/N-ethyl adjacent to an activating group) is 1. The summed E-state index contributed by atoms with van der Waals surface area (Å²) in [5, 5.41) is 3.28. The lowest BCUT2D eigenvalue weighted by atomic mass is 9.77. The molecule has 20 heavy (non-hydrogen) atoms. The van der Waals surface area contributed by atoms with Crippen molar-refractivity contribution in [3.05, 3.63) is 24.8 Å². The van der Waals surface area contributed by atoms with Gasteiger partial charge >= 0.3 is 0 Å². The van der Waals surface area contributed by atoms with Crippen LogP contribution in [0.25, 0.3) is 0 Å². The molecule has 0 spiro atoms. The molecule has 1 heteroatoms. The van der Waals surface area contributed by atoms with E-state index in [0.717, 1.165) is 11.8 Å². The molecule has 5 atom stereocenters. The minimum absolute atomic E-state index is 0.474. The van der Waals surface area contributed by atoms with Crippen molar-refractivity contribution in [3.63, 3.8) is 0 Å². The molecule has 0 saturated heterocycles. The summed E-state index contributed by atoms with van der Waals surface area (Å²) in [4.78, 5) is 0. The maximum Gasteiger partial charge on any atom is 0.0218 e. The quantitative estimate of drug-likeness (QED) is 0.571. The molecule has 0 aromatic rings. The van der Waals surface area contributed by atoms with E-state index in [-0.39, 0.29) is 0 Å². The summed E-state index contributed by atoms with van der Waals surface area (Å²) in [7, 11) is 2.02. The first-order valence-electron chi connectivity index (χ1n) is 8.65. The molecule has 0 aromatic heterocycles. The molecule has 1 N–H and O–H groups in total. The first-order valence-corrected chi connectivity index (χ1v) is 8.65. The van der Waals surface area contributed by atoms with Crippen molar-refractivity contribution >= 4 is 0 Å². The minimum Gasteiger partial charge on any atom is -0.314 e. The van der Waals surface area contributed by atoms with Crippen LogP contribution in [0.5, 0.6) is 0 Å². The molecule has 116 valence electrons. The molecular weight excluding hydrogens is 242 g/mol. The Kier molecular flexibility index (Phi) is 8.21. The van der Waals surface area contributed by atoms with Crippen molar-refractivity contribution in [1.82, 2.24) is 5.32 Å². The summed E-state index contributed by atoms with van der Waals surface area (Å²) >= 11 is 0. The van der Waals surface area contributed by atoms with Crippen LogP contribution in [0.3, 0.4) is 0 Å². The van der Waals surface area contributed by atoms with Crippen LogP contribution in [-0.2, 0) is 0 Å². The third kappa shape index (κ3) is 4.77. The second-order valence-electron chi connectivity index (χ2n) is 6.49. The Bertz CT molecular complexity index is 294. The Labute approximate surface area is 126 Å².